The highest BCUT2D eigenvalue weighted by Gasteiger charge is 2.17. The zero-order valence-corrected chi connectivity index (χ0v) is 13.0. The Labute approximate surface area is 125 Å². The van der Waals surface area contributed by atoms with Gasteiger partial charge in [-0.25, -0.2) is 4.79 Å². The van der Waals surface area contributed by atoms with Crippen molar-refractivity contribution in [2.24, 2.45) is 0 Å². The summed E-state index contributed by atoms with van der Waals surface area (Å²) in [4.78, 5) is 12.0. The lowest BCUT2D eigenvalue weighted by Crippen LogP contribution is -2.27. The van der Waals surface area contributed by atoms with E-state index in [0.717, 1.165) is 23.5 Å². The molecule has 0 aliphatic carbocycles. The number of rotatable bonds is 3. The van der Waals surface area contributed by atoms with E-state index in [4.69, 9.17) is 4.74 Å². The Balaban J connectivity index is 2.28. The predicted octanol–water partition coefficient (Wildman–Crippen LogP) is 4.52. The monoisotopic (exact) mass is 286 g/mol. The maximum Gasteiger partial charge on any atom is 0.412 e. The topological polar surface area (TPSA) is 43.3 Å². The third-order valence-electron chi connectivity index (χ3n) is 3.01. The number of nitrogens with one attached hydrogen (secondary N) is 1. The van der Waals surface area contributed by atoms with Crippen LogP contribution in [0.2, 0.25) is 0 Å². The largest absolute Gasteiger partial charge is 0.444 e. The SMILES string of the molecule is CCn1cccc1-c1ccccc1NC(=O)OC(C)(C)C. The van der Waals surface area contributed by atoms with Gasteiger partial charge in [-0.1, -0.05) is 18.2 Å². The molecule has 0 saturated carbocycles. The minimum Gasteiger partial charge on any atom is -0.444 e. The van der Waals surface area contributed by atoms with E-state index in [1.165, 1.54) is 0 Å². The van der Waals surface area contributed by atoms with Crippen molar-refractivity contribution in [3.8, 4) is 11.3 Å². The highest BCUT2D eigenvalue weighted by atomic mass is 16.6. The summed E-state index contributed by atoms with van der Waals surface area (Å²) >= 11 is 0. The molecule has 1 amide bonds. The third kappa shape index (κ3) is 3.88. The van der Waals surface area contributed by atoms with Gasteiger partial charge in [0.15, 0.2) is 0 Å². The molecule has 0 atom stereocenters. The van der Waals surface area contributed by atoms with Gasteiger partial charge < -0.3 is 9.30 Å². The molecule has 0 spiro atoms. The van der Waals surface area contributed by atoms with Crippen molar-refractivity contribution < 1.29 is 9.53 Å². The molecule has 21 heavy (non-hydrogen) atoms. The first-order valence-corrected chi connectivity index (χ1v) is 7.15. The number of hydrogen-bond acceptors (Lipinski definition) is 2. The molecular weight excluding hydrogens is 264 g/mol. The summed E-state index contributed by atoms with van der Waals surface area (Å²) in [6.07, 6.45) is 1.59. The van der Waals surface area contributed by atoms with Gasteiger partial charge in [0, 0.05) is 18.3 Å². The van der Waals surface area contributed by atoms with Gasteiger partial charge >= 0.3 is 6.09 Å². The lowest BCUT2D eigenvalue weighted by atomic mass is 10.1. The molecule has 1 N–H and O–H groups in total. The van der Waals surface area contributed by atoms with Crippen LogP contribution in [0.25, 0.3) is 11.3 Å². The Hall–Kier alpha value is -2.23. The highest BCUT2D eigenvalue weighted by Crippen LogP contribution is 2.28. The van der Waals surface area contributed by atoms with E-state index in [1.807, 2.05) is 63.4 Å². The molecule has 0 aliphatic heterocycles. The van der Waals surface area contributed by atoms with Gasteiger partial charge in [-0.3, -0.25) is 5.32 Å². The maximum absolute atomic E-state index is 12.0. The van der Waals surface area contributed by atoms with Crippen LogP contribution in [-0.2, 0) is 11.3 Å². The summed E-state index contributed by atoms with van der Waals surface area (Å²) < 4.78 is 7.45. The molecule has 112 valence electrons. The number of benzene rings is 1. The van der Waals surface area contributed by atoms with Crippen molar-refractivity contribution in [1.82, 2.24) is 4.57 Å². The molecule has 0 saturated heterocycles. The molecule has 4 nitrogen and oxygen atoms in total. The molecule has 1 aromatic heterocycles. The van der Waals surface area contributed by atoms with Crippen LogP contribution in [0.15, 0.2) is 42.6 Å². The van der Waals surface area contributed by atoms with Crippen molar-refractivity contribution in [3.63, 3.8) is 0 Å². The van der Waals surface area contributed by atoms with Crippen LogP contribution < -0.4 is 5.32 Å². The van der Waals surface area contributed by atoms with Gasteiger partial charge in [0.25, 0.3) is 0 Å². The molecule has 4 heteroatoms. The second-order valence-corrected chi connectivity index (χ2v) is 5.85. The van der Waals surface area contributed by atoms with Crippen molar-refractivity contribution in [2.45, 2.75) is 39.8 Å². The normalized spacial score (nSPS) is 11.2. The minimum atomic E-state index is -0.511. The Kier molecular flexibility index (Phi) is 4.36. The van der Waals surface area contributed by atoms with Gasteiger partial charge in [-0.05, 0) is 45.9 Å². The molecule has 0 radical (unpaired) electrons. The summed E-state index contributed by atoms with van der Waals surface area (Å²) in [5.74, 6) is 0. The van der Waals surface area contributed by atoms with Gasteiger partial charge in [0.2, 0.25) is 0 Å². The molecule has 0 unspecified atom stereocenters. The zero-order valence-electron chi connectivity index (χ0n) is 13.0. The number of hydrogen-bond donors (Lipinski definition) is 1. The van der Waals surface area contributed by atoms with Gasteiger partial charge in [0.05, 0.1) is 11.4 Å². The first kappa shape index (κ1) is 15.2. The Morgan fingerprint density at radius 2 is 1.90 bits per heavy atom. The Bertz CT molecular complexity index is 624. The van der Waals surface area contributed by atoms with Crippen LogP contribution in [0.3, 0.4) is 0 Å². The van der Waals surface area contributed by atoms with Gasteiger partial charge in [0.1, 0.15) is 5.60 Å². The molecule has 0 bridgehead atoms. The number of amides is 1. The predicted molar refractivity (Wildman–Crippen MR) is 85.4 cm³/mol. The van der Waals surface area contributed by atoms with Crippen molar-refractivity contribution in [1.29, 1.82) is 0 Å². The van der Waals surface area contributed by atoms with Crippen LogP contribution in [0.1, 0.15) is 27.7 Å². The van der Waals surface area contributed by atoms with Gasteiger partial charge in [-0.2, -0.15) is 0 Å². The quantitative estimate of drug-likeness (QED) is 0.901. The molecule has 0 aliphatic rings. The van der Waals surface area contributed by atoms with Crippen LogP contribution in [0, 0.1) is 0 Å². The summed E-state index contributed by atoms with van der Waals surface area (Å²) in [5.41, 5.74) is 2.29. The third-order valence-corrected chi connectivity index (χ3v) is 3.01. The summed E-state index contributed by atoms with van der Waals surface area (Å²) in [6.45, 7) is 8.51. The van der Waals surface area contributed by atoms with E-state index < -0.39 is 11.7 Å². The number of ether oxygens (including phenoxy) is 1. The van der Waals surface area contributed by atoms with E-state index in [2.05, 4.69) is 16.8 Å². The number of aryl methyl sites for hydroxylation is 1. The van der Waals surface area contributed by atoms with Crippen molar-refractivity contribution in [3.05, 3.63) is 42.6 Å². The van der Waals surface area contributed by atoms with Crippen LogP contribution in [-0.4, -0.2) is 16.3 Å². The molecule has 1 aromatic carbocycles. The molecule has 2 rings (SSSR count). The fourth-order valence-corrected chi connectivity index (χ4v) is 2.16. The van der Waals surface area contributed by atoms with E-state index in [-0.39, 0.29) is 0 Å². The van der Waals surface area contributed by atoms with Crippen LogP contribution >= 0.6 is 0 Å². The van der Waals surface area contributed by atoms with Crippen LogP contribution in [0.4, 0.5) is 10.5 Å². The lowest BCUT2D eigenvalue weighted by molar-refractivity contribution is 0.0636. The summed E-state index contributed by atoms with van der Waals surface area (Å²) in [7, 11) is 0. The average Bonchev–Trinajstić information content (AvgIpc) is 2.85. The lowest BCUT2D eigenvalue weighted by Gasteiger charge is -2.20. The van der Waals surface area contributed by atoms with Crippen LogP contribution in [0.5, 0.6) is 0 Å². The average molecular weight is 286 g/mol. The standard InChI is InChI=1S/C17H22N2O2/c1-5-19-12-8-11-15(19)13-9-6-7-10-14(13)18-16(20)21-17(2,3)4/h6-12H,5H2,1-4H3,(H,18,20). The second-order valence-electron chi connectivity index (χ2n) is 5.85. The highest BCUT2D eigenvalue weighted by molar-refractivity contribution is 5.91. The minimum absolute atomic E-state index is 0.440. The number of anilines is 1. The van der Waals surface area contributed by atoms with Crippen molar-refractivity contribution >= 4 is 11.8 Å². The Morgan fingerprint density at radius 3 is 2.57 bits per heavy atom. The smallest absolute Gasteiger partial charge is 0.412 e. The van der Waals surface area contributed by atoms with Gasteiger partial charge in [-0.15, -0.1) is 0 Å². The molecule has 1 heterocycles. The fourth-order valence-electron chi connectivity index (χ4n) is 2.16. The number of aromatic nitrogens is 1. The first-order valence-electron chi connectivity index (χ1n) is 7.15. The van der Waals surface area contributed by atoms with E-state index in [1.54, 1.807) is 0 Å². The molecule has 2 aromatic rings. The number of nitrogens with zero attached hydrogens (tertiary/aromatic N) is 1. The summed E-state index contributed by atoms with van der Waals surface area (Å²) in [6, 6.07) is 11.8. The van der Waals surface area contributed by atoms with E-state index >= 15 is 0 Å². The number of carbonyl (C=O) groups is 1. The number of carbonyl (C=O) groups excluding carboxylic acids is 1. The molecule has 0 fully saturated rings. The number of para-hydroxylation sites is 1. The van der Waals surface area contributed by atoms with E-state index in [0.29, 0.717) is 0 Å². The maximum atomic E-state index is 12.0. The second kappa shape index (κ2) is 6.04. The molecular formula is C17H22N2O2. The Morgan fingerprint density at radius 1 is 1.19 bits per heavy atom. The zero-order chi connectivity index (χ0) is 15.5. The van der Waals surface area contributed by atoms with Crippen molar-refractivity contribution in [2.75, 3.05) is 5.32 Å². The van der Waals surface area contributed by atoms with E-state index in [9.17, 15) is 4.79 Å². The first-order chi connectivity index (χ1) is 9.90. The fraction of sp³-hybridized carbons (Fsp3) is 0.353. The summed E-state index contributed by atoms with van der Waals surface area (Å²) in [5, 5.41) is 2.83.